The van der Waals surface area contributed by atoms with E-state index in [2.05, 4.69) is 20.3 Å². The zero-order valence-electron chi connectivity index (χ0n) is 16.7. The lowest BCUT2D eigenvalue weighted by Gasteiger charge is -2.08. The summed E-state index contributed by atoms with van der Waals surface area (Å²) < 4.78 is 15.1. The highest BCUT2D eigenvalue weighted by Crippen LogP contribution is 2.45. The first-order valence-electron chi connectivity index (χ1n) is 10.2. The molecule has 2 aromatic carbocycles. The maximum Gasteiger partial charge on any atom is 0.149 e. The SMILES string of the molecule is N#Cc1c(N)ncnc1NCCc1nc2c(C3CC3)cc(F)c(-c3ccccc3)c2[nH]1. The second-order valence-corrected chi connectivity index (χ2v) is 7.64. The van der Waals surface area contributed by atoms with Gasteiger partial charge in [0, 0.05) is 18.5 Å². The number of nitrogen functional groups attached to an aromatic ring is 1. The molecule has 1 aliphatic rings. The third kappa shape index (κ3) is 3.55. The second-order valence-electron chi connectivity index (χ2n) is 7.64. The summed E-state index contributed by atoms with van der Waals surface area (Å²) in [5.74, 6) is 1.41. The van der Waals surface area contributed by atoms with Gasteiger partial charge in [0.2, 0.25) is 0 Å². The third-order valence-electron chi connectivity index (χ3n) is 5.52. The summed E-state index contributed by atoms with van der Waals surface area (Å²) in [6, 6.07) is 13.2. The summed E-state index contributed by atoms with van der Waals surface area (Å²) in [6.07, 6.45) is 3.99. The molecule has 0 radical (unpaired) electrons. The van der Waals surface area contributed by atoms with Crippen LogP contribution in [0.5, 0.6) is 0 Å². The first-order chi connectivity index (χ1) is 15.2. The van der Waals surface area contributed by atoms with Crippen LogP contribution >= 0.6 is 0 Å². The fraction of sp³-hybridized carbons (Fsp3) is 0.217. The van der Waals surface area contributed by atoms with Crippen LogP contribution in [0.25, 0.3) is 22.2 Å². The van der Waals surface area contributed by atoms with Crippen molar-refractivity contribution in [1.82, 2.24) is 19.9 Å². The molecule has 7 nitrogen and oxygen atoms in total. The lowest BCUT2D eigenvalue weighted by Crippen LogP contribution is -2.10. The number of nitrogens with one attached hydrogen (secondary N) is 2. The number of fused-ring (bicyclic) bond motifs is 1. The van der Waals surface area contributed by atoms with E-state index < -0.39 is 0 Å². The average molecular weight is 413 g/mol. The van der Waals surface area contributed by atoms with Crippen molar-refractivity contribution in [3.8, 4) is 17.2 Å². The molecule has 0 unspecified atom stereocenters. The lowest BCUT2D eigenvalue weighted by molar-refractivity contribution is 0.630. The van der Waals surface area contributed by atoms with Crippen LogP contribution in [-0.4, -0.2) is 26.5 Å². The van der Waals surface area contributed by atoms with Gasteiger partial charge in [-0.15, -0.1) is 0 Å². The highest BCUT2D eigenvalue weighted by molar-refractivity contribution is 5.94. The summed E-state index contributed by atoms with van der Waals surface area (Å²) in [6.45, 7) is 0.479. The minimum absolute atomic E-state index is 0.140. The van der Waals surface area contributed by atoms with Gasteiger partial charge in [0.05, 0.1) is 11.0 Å². The fourth-order valence-electron chi connectivity index (χ4n) is 3.86. The van der Waals surface area contributed by atoms with Crippen molar-refractivity contribution in [3.05, 3.63) is 65.5 Å². The van der Waals surface area contributed by atoms with Crippen LogP contribution < -0.4 is 11.1 Å². The molecule has 154 valence electrons. The number of nitrogens with zero attached hydrogens (tertiary/aromatic N) is 4. The Bertz CT molecular complexity index is 1300. The molecular formula is C23H20FN7. The lowest BCUT2D eigenvalue weighted by atomic mass is 9.99. The largest absolute Gasteiger partial charge is 0.382 e. The highest BCUT2D eigenvalue weighted by atomic mass is 19.1. The van der Waals surface area contributed by atoms with E-state index in [1.54, 1.807) is 6.07 Å². The van der Waals surface area contributed by atoms with Gasteiger partial charge in [-0.1, -0.05) is 30.3 Å². The van der Waals surface area contributed by atoms with Crippen LogP contribution in [0, 0.1) is 17.1 Å². The summed E-state index contributed by atoms with van der Waals surface area (Å²) >= 11 is 0. The van der Waals surface area contributed by atoms with E-state index >= 15 is 4.39 Å². The summed E-state index contributed by atoms with van der Waals surface area (Å²) in [5.41, 5.74) is 9.85. The van der Waals surface area contributed by atoms with Crippen LogP contribution in [0.4, 0.5) is 16.0 Å². The molecule has 0 bridgehead atoms. The molecule has 1 aliphatic carbocycles. The fourth-order valence-corrected chi connectivity index (χ4v) is 3.86. The number of halogens is 1. The summed E-state index contributed by atoms with van der Waals surface area (Å²) in [5, 5.41) is 12.4. The molecule has 0 spiro atoms. The molecule has 1 fully saturated rings. The Kier molecular flexibility index (Phi) is 4.71. The van der Waals surface area contributed by atoms with Crippen LogP contribution in [-0.2, 0) is 6.42 Å². The molecule has 0 saturated heterocycles. The van der Waals surface area contributed by atoms with Crippen molar-refractivity contribution in [3.63, 3.8) is 0 Å². The minimum atomic E-state index is -0.232. The van der Waals surface area contributed by atoms with Crippen molar-refractivity contribution >= 4 is 22.7 Å². The van der Waals surface area contributed by atoms with Crippen LogP contribution in [0.3, 0.4) is 0 Å². The first-order valence-corrected chi connectivity index (χ1v) is 10.2. The molecule has 1 saturated carbocycles. The van der Waals surface area contributed by atoms with Crippen molar-refractivity contribution in [2.24, 2.45) is 0 Å². The van der Waals surface area contributed by atoms with Gasteiger partial charge >= 0.3 is 0 Å². The zero-order chi connectivity index (χ0) is 21.4. The molecule has 2 heterocycles. The first kappa shape index (κ1) is 19.0. The van der Waals surface area contributed by atoms with Gasteiger partial charge in [-0.05, 0) is 36.0 Å². The zero-order valence-corrected chi connectivity index (χ0v) is 16.7. The van der Waals surface area contributed by atoms with E-state index in [9.17, 15) is 5.26 Å². The topological polar surface area (TPSA) is 116 Å². The molecule has 0 aliphatic heterocycles. The van der Waals surface area contributed by atoms with E-state index in [4.69, 9.17) is 10.7 Å². The molecule has 0 amide bonds. The monoisotopic (exact) mass is 413 g/mol. The Morgan fingerprint density at radius 3 is 2.77 bits per heavy atom. The quantitative estimate of drug-likeness (QED) is 0.437. The summed E-state index contributed by atoms with van der Waals surface area (Å²) in [7, 11) is 0. The van der Waals surface area contributed by atoms with Crippen molar-refractivity contribution in [1.29, 1.82) is 5.26 Å². The minimum Gasteiger partial charge on any atom is -0.382 e. The number of imidazole rings is 1. The Balaban J connectivity index is 1.47. The normalized spacial score (nSPS) is 13.3. The van der Waals surface area contributed by atoms with Gasteiger partial charge in [-0.3, -0.25) is 0 Å². The van der Waals surface area contributed by atoms with Gasteiger partial charge in [0.25, 0.3) is 0 Å². The van der Waals surface area contributed by atoms with Crippen LogP contribution in [0.15, 0.2) is 42.7 Å². The Morgan fingerprint density at radius 2 is 2.03 bits per heavy atom. The van der Waals surface area contributed by atoms with Gasteiger partial charge in [-0.25, -0.2) is 19.3 Å². The molecule has 31 heavy (non-hydrogen) atoms. The number of aromatic nitrogens is 4. The number of anilines is 2. The molecule has 5 rings (SSSR count). The van der Waals surface area contributed by atoms with Gasteiger partial charge in [0.15, 0.2) is 0 Å². The van der Waals surface area contributed by atoms with Crippen LogP contribution in [0.2, 0.25) is 0 Å². The number of aromatic amines is 1. The van der Waals surface area contributed by atoms with Gasteiger partial charge in [-0.2, -0.15) is 5.26 Å². The number of benzene rings is 2. The predicted octanol–water partition coefficient (Wildman–Crippen LogP) is 4.14. The van der Waals surface area contributed by atoms with E-state index in [-0.39, 0.29) is 17.2 Å². The molecular weight excluding hydrogens is 393 g/mol. The van der Waals surface area contributed by atoms with Gasteiger partial charge in [0.1, 0.15) is 41.2 Å². The third-order valence-corrected chi connectivity index (χ3v) is 5.52. The number of H-pyrrole nitrogens is 1. The molecule has 8 heteroatoms. The number of hydrogen-bond acceptors (Lipinski definition) is 6. The Morgan fingerprint density at radius 1 is 1.23 bits per heavy atom. The highest BCUT2D eigenvalue weighted by Gasteiger charge is 2.29. The maximum absolute atomic E-state index is 15.1. The number of hydrogen-bond donors (Lipinski definition) is 3. The summed E-state index contributed by atoms with van der Waals surface area (Å²) in [4.78, 5) is 16.1. The van der Waals surface area contributed by atoms with Crippen molar-refractivity contribution < 1.29 is 4.39 Å². The van der Waals surface area contributed by atoms with Crippen LogP contribution in [0.1, 0.15) is 35.7 Å². The van der Waals surface area contributed by atoms with E-state index in [1.807, 2.05) is 36.4 Å². The molecule has 0 atom stereocenters. The standard InChI is InChI=1S/C23H20FN7/c24-17-10-15(13-6-7-13)20-21(19(17)14-4-2-1-3-5-14)31-18(30-20)8-9-27-23-16(11-25)22(26)28-12-29-23/h1-5,10,12-13H,6-9H2,(H,30,31)(H3,26,27,28,29). The smallest absolute Gasteiger partial charge is 0.149 e. The molecule has 4 N–H and O–H groups in total. The molecule has 2 aromatic heterocycles. The van der Waals surface area contributed by atoms with E-state index in [0.29, 0.717) is 30.3 Å². The van der Waals surface area contributed by atoms with Gasteiger partial charge < -0.3 is 16.0 Å². The number of nitriles is 1. The van der Waals surface area contributed by atoms with Crippen molar-refractivity contribution in [2.45, 2.75) is 25.2 Å². The average Bonchev–Trinajstić information content (AvgIpc) is 3.53. The molecule has 4 aromatic rings. The van der Waals surface area contributed by atoms with E-state index in [0.717, 1.165) is 40.8 Å². The number of rotatable bonds is 6. The van der Waals surface area contributed by atoms with E-state index in [1.165, 1.54) is 6.33 Å². The van der Waals surface area contributed by atoms with Crippen molar-refractivity contribution in [2.75, 3.05) is 17.6 Å². The Labute approximate surface area is 178 Å². The Hall–Kier alpha value is -3.99. The predicted molar refractivity (Wildman–Crippen MR) is 117 cm³/mol. The maximum atomic E-state index is 15.1. The second kappa shape index (κ2) is 7.69. The number of nitrogens with two attached hydrogens (primary N) is 1.